The fraction of sp³-hybridized carbons (Fsp3) is 0.312. The maximum atomic E-state index is 5.64. The molecule has 3 heteroatoms. The molecule has 0 saturated heterocycles. The summed E-state index contributed by atoms with van der Waals surface area (Å²) >= 11 is 0. The van der Waals surface area contributed by atoms with Crippen molar-refractivity contribution in [3.8, 4) is 17.0 Å². The summed E-state index contributed by atoms with van der Waals surface area (Å²) in [6, 6.07) is 12.2. The van der Waals surface area contributed by atoms with Crippen molar-refractivity contribution in [1.82, 2.24) is 9.88 Å². The molecule has 100 valence electrons. The van der Waals surface area contributed by atoms with Gasteiger partial charge in [-0.3, -0.25) is 4.98 Å². The molecule has 0 aliphatic heterocycles. The molecule has 0 spiro atoms. The summed E-state index contributed by atoms with van der Waals surface area (Å²) in [4.78, 5) is 6.67. The highest BCUT2D eigenvalue weighted by Gasteiger charge is 2.06. The van der Waals surface area contributed by atoms with Gasteiger partial charge in [-0.2, -0.15) is 0 Å². The summed E-state index contributed by atoms with van der Waals surface area (Å²) in [5, 5.41) is 0. The zero-order valence-electron chi connectivity index (χ0n) is 11.8. The van der Waals surface area contributed by atoms with Gasteiger partial charge in [-0.25, -0.2) is 0 Å². The van der Waals surface area contributed by atoms with Crippen molar-refractivity contribution in [3.05, 3.63) is 48.2 Å². The normalized spacial score (nSPS) is 10.7. The second-order valence-electron chi connectivity index (χ2n) is 4.72. The van der Waals surface area contributed by atoms with Crippen LogP contribution in [0.25, 0.3) is 11.3 Å². The van der Waals surface area contributed by atoms with Crippen LogP contribution in [-0.4, -0.2) is 30.6 Å². The Morgan fingerprint density at radius 1 is 1.11 bits per heavy atom. The van der Waals surface area contributed by atoms with Crippen molar-refractivity contribution in [2.24, 2.45) is 0 Å². The van der Waals surface area contributed by atoms with Crippen molar-refractivity contribution in [2.45, 2.75) is 13.5 Å². The molecule has 1 aromatic carbocycles. The summed E-state index contributed by atoms with van der Waals surface area (Å²) in [6.07, 6.45) is 1.93. The summed E-state index contributed by atoms with van der Waals surface area (Å²) in [7, 11) is 4.11. The monoisotopic (exact) mass is 256 g/mol. The van der Waals surface area contributed by atoms with Gasteiger partial charge in [-0.05, 0) is 44.8 Å². The number of aromatic nitrogens is 1. The summed E-state index contributed by atoms with van der Waals surface area (Å²) < 4.78 is 5.64. The lowest BCUT2D eigenvalue weighted by atomic mass is 10.1. The average Bonchev–Trinajstić information content (AvgIpc) is 2.40. The van der Waals surface area contributed by atoms with Crippen molar-refractivity contribution in [3.63, 3.8) is 0 Å². The van der Waals surface area contributed by atoms with Crippen LogP contribution in [0.15, 0.2) is 42.6 Å². The number of hydrogen-bond donors (Lipinski definition) is 0. The smallest absolute Gasteiger partial charge is 0.128 e. The maximum absolute atomic E-state index is 5.64. The topological polar surface area (TPSA) is 25.4 Å². The zero-order valence-corrected chi connectivity index (χ0v) is 11.8. The van der Waals surface area contributed by atoms with E-state index in [4.69, 9.17) is 4.74 Å². The molecule has 0 amide bonds. The van der Waals surface area contributed by atoms with Crippen LogP contribution in [0.5, 0.6) is 5.75 Å². The van der Waals surface area contributed by atoms with Crippen LogP contribution < -0.4 is 4.74 Å². The van der Waals surface area contributed by atoms with E-state index in [1.54, 1.807) is 0 Å². The average molecular weight is 256 g/mol. The Hall–Kier alpha value is -1.87. The minimum Gasteiger partial charge on any atom is -0.493 e. The third-order valence-electron chi connectivity index (χ3n) is 2.79. The number of ether oxygens (including phenoxy) is 1. The van der Waals surface area contributed by atoms with Crippen molar-refractivity contribution in [1.29, 1.82) is 0 Å². The molecule has 0 aliphatic carbocycles. The van der Waals surface area contributed by atoms with Gasteiger partial charge in [0.05, 0.1) is 12.3 Å². The first kappa shape index (κ1) is 13.6. The second kappa shape index (κ2) is 6.34. The Balaban J connectivity index is 2.27. The van der Waals surface area contributed by atoms with Crippen LogP contribution in [-0.2, 0) is 6.54 Å². The number of nitrogens with zero attached hydrogens (tertiary/aromatic N) is 2. The Morgan fingerprint density at radius 3 is 2.53 bits per heavy atom. The molecule has 2 aromatic rings. The molecule has 0 radical (unpaired) electrons. The van der Waals surface area contributed by atoms with E-state index >= 15 is 0 Å². The fourth-order valence-electron chi connectivity index (χ4n) is 2.00. The van der Waals surface area contributed by atoms with Gasteiger partial charge in [0.2, 0.25) is 0 Å². The molecule has 19 heavy (non-hydrogen) atoms. The molecule has 0 fully saturated rings. The molecule has 3 nitrogen and oxygen atoms in total. The SMILES string of the molecule is CCOc1ccccc1-c1ccc(CN(C)C)cn1. The zero-order chi connectivity index (χ0) is 13.7. The van der Waals surface area contributed by atoms with Gasteiger partial charge in [0.15, 0.2) is 0 Å². The molecule has 0 bridgehead atoms. The van der Waals surface area contributed by atoms with Gasteiger partial charge in [0, 0.05) is 18.3 Å². The van der Waals surface area contributed by atoms with Crippen LogP contribution in [0.3, 0.4) is 0 Å². The molecule has 0 N–H and O–H groups in total. The highest BCUT2D eigenvalue weighted by molar-refractivity contribution is 5.66. The molecular weight excluding hydrogens is 236 g/mol. The first-order valence-electron chi connectivity index (χ1n) is 6.52. The van der Waals surface area contributed by atoms with Gasteiger partial charge in [-0.15, -0.1) is 0 Å². The van der Waals surface area contributed by atoms with E-state index in [1.165, 1.54) is 5.56 Å². The third-order valence-corrected chi connectivity index (χ3v) is 2.79. The Kier molecular flexibility index (Phi) is 4.53. The highest BCUT2D eigenvalue weighted by atomic mass is 16.5. The van der Waals surface area contributed by atoms with E-state index in [0.29, 0.717) is 6.61 Å². The molecule has 0 saturated carbocycles. The van der Waals surface area contributed by atoms with E-state index < -0.39 is 0 Å². The van der Waals surface area contributed by atoms with Gasteiger partial charge in [0.1, 0.15) is 5.75 Å². The molecule has 1 aromatic heterocycles. The largest absolute Gasteiger partial charge is 0.493 e. The Morgan fingerprint density at radius 2 is 1.89 bits per heavy atom. The summed E-state index contributed by atoms with van der Waals surface area (Å²) in [6.45, 7) is 3.56. The molecule has 1 heterocycles. The van der Waals surface area contributed by atoms with E-state index in [-0.39, 0.29) is 0 Å². The van der Waals surface area contributed by atoms with E-state index in [1.807, 2.05) is 37.4 Å². The number of benzene rings is 1. The molecule has 2 rings (SSSR count). The van der Waals surface area contributed by atoms with Gasteiger partial charge in [0.25, 0.3) is 0 Å². The molecular formula is C16H20N2O. The van der Waals surface area contributed by atoms with Crippen LogP contribution in [0, 0.1) is 0 Å². The minimum absolute atomic E-state index is 0.662. The number of pyridine rings is 1. The Bertz CT molecular complexity index is 521. The molecule has 0 aliphatic rings. The number of para-hydroxylation sites is 1. The van der Waals surface area contributed by atoms with E-state index in [9.17, 15) is 0 Å². The van der Waals surface area contributed by atoms with E-state index in [0.717, 1.165) is 23.6 Å². The van der Waals surface area contributed by atoms with Crippen LogP contribution >= 0.6 is 0 Å². The van der Waals surface area contributed by atoms with Gasteiger partial charge in [-0.1, -0.05) is 18.2 Å². The minimum atomic E-state index is 0.662. The number of hydrogen-bond acceptors (Lipinski definition) is 3. The number of rotatable bonds is 5. The Labute approximate surface area is 114 Å². The lowest BCUT2D eigenvalue weighted by molar-refractivity contribution is 0.341. The second-order valence-corrected chi connectivity index (χ2v) is 4.72. The lowest BCUT2D eigenvalue weighted by Gasteiger charge is -2.11. The quantitative estimate of drug-likeness (QED) is 0.821. The van der Waals surface area contributed by atoms with Crippen molar-refractivity contribution >= 4 is 0 Å². The van der Waals surface area contributed by atoms with Crippen LogP contribution in [0.1, 0.15) is 12.5 Å². The van der Waals surface area contributed by atoms with Crippen molar-refractivity contribution < 1.29 is 4.74 Å². The molecule has 0 atom stereocenters. The van der Waals surface area contributed by atoms with Gasteiger partial charge >= 0.3 is 0 Å². The first-order chi connectivity index (χ1) is 9.20. The predicted octanol–water partition coefficient (Wildman–Crippen LogP) is 3.21. The van der Waals surface area contributed by atoms with E-state index in [2.05, 4.69) is 36.1 Å². The van der Waals surface area contributed by atoms with Crippen molar-refractivity contribution in [2.75, 3.05) is 20.7 Å². The predicted molar refractivity (Wildman–Crippen MR) is 78.2 cm³/mol. The van der Waals surface area contributed by atoms with Crippen LogP contribution in [0.4, 0.5) is 0 Å². The summed E-state index contributed by atoms with van der Waals surface area (Å²) in [5.74, 6) is 0.887. The molecule has 0 unspecified atom stereocenters. The lowest BCUT2D eigenvalue weighted by Crippen LogP contribution is -2.10. The standard InChI is InChI=1S/C16H20N2O/c1-4-19-16-8-6-5-7-14(16)15-10-9-13(11-17-15)12-18(2)3/h5-11H,4,12H2,1-3H3. The summed E-state index contributed by atoms with van der Waals surface area (Å²) in [5.41, 5.74) is 3.20. The first-order valence-corrected chi connectivity index (χ1v) is 6.52. The third kappa shape index (κ3) is 3.55. The van der Waals surface area contributed by atoms with Gasteiger partial charge < -0.3 is 9.64 Å². The maximum Gasteiger partial charge on any atom is 0.128 e. The fourth-order valence-corrected chi connectivity index (χ4v) is 2.00. The highest BCUT2D eigenvalue weighted by Crippen LogP contribution is 2.28. The van der Waals surface area contributed by atoms with Crippen LogP contribution in [0.2, 0.25) is 0 Å².